The van der Waals surface area contributed by atoms with Crippen LogP contribution in [0.2, 0.25) is 0 Å². The van der Waals surface area contributed by atoms with Crippen LogP contribution in [0.5, 0.6) is 0 Å². The molecule has 0 aromatic heterocycles. The molecule has 3 N–H and O–H groups in total. The predicted octanol–water partition coefficient (Wildman–Crippen LogP) is 0.735. The monoisotopic (exact) mass is 275 g/mol. The van der Waals surface area contributed by atoms with Crippen molar-refractivity contribution in [3.63, 3.8) is 0 Å². The summed E-state index contributed by atoms with van der Waals surface area (Å²) >= 11 is 0. The Morgan fingerprint density at radius 3 is 2.75 bits per heavy atom. The molecule has 1 heterocycles. The van der Waals surface area contributed by atoms with Crippen molar-refractivity contribution in [2.24, 2.45) is 5.73 Å². The van der Waals surface area contributed by atoms with Crippen molar-refractivity contribution < 1.29 is 14.4 Å². The van der Waals surface area contributed by atoms with Gasteiger partial charge in [-0.3, -0.25) is 14.4 Å². The largest absolute Gasteiger partial charge is 0.368 e. The van der Waals surface area contributed by atoms with Crippen LogP contribution in [0, 0.1) is 0 Å². The lowest BCUT2D eigenvalue weighted by atomic mass is 10.1. The number of anilines is 1. The highest BCUT2D eigenvalue weighted by Crippen LogP contribution is 2.21. The van der Waals surface area contributed by atoms with Gasteiger partial charge in [0.15, 0.2) is 0 Å². The normalized spacial score (nSPS) is 17.9. The Morgan fingerprint density at radius 1 is 1.35 bits per heavy atom. The molecule has 0 aliphatic carbocycles. The van der Waals surface area contributed by atoms with Crippen LogP contribution >= 0.6 is 0 Å². The first-order valence-electron chi connectivity index (χ1n) is 6.47. The van der Waals surface area contributed by atoms with Crippen LogP contribution in [0.15, 0.2) is 24.3 Å². The van der Waals surface area contributed by atoms with Gasteiger partial charge in [-0.25, -0.2) is 0 Å². The molecule has 0 spiro atoms. The van der Waals surface area contributed by atoms with Crippen LogP contribution < -0.4 is 11.1 Å². The number of benzene rings is 1. The van der Waals surface area contributed by atoms with Crippen LogP contribution in [0.4, 0.5) is 5.69 Å². The van der Waals surface area contributed by atoms with Crippen molar-refractivity contribution in [3.8, 4) is 0 Å². The minimum absolute atomic E-state index is 0.203. The fourth-order valence-electron chi connectivity index (χ4n) is 2.40. The topological polar surface area (TPSA) is 92.5 Å². The average molecular weight is 275 g/mol. The van der Waals surface area contributed by atoms with E-state index in [1.165, 1.54) is 11.8 Å². The Labute approximate surface area is 116 Å². The number of amides is 3. The van der Waals surface area contributed by atoms with E-state index < -0.39 is 11.9 Å². The van der Waals surface area contributed by atoms with Gasteiger partial charge in [-0.1, -0.05) is 6.07 Å². The van der Waals surface area contributed by atoms with E-state index in [2.05, 4.69) is 5.32 Å². The lowest BCUT2D eigenvalue weighted by molar-refractivity contribution is -0.121. The third-order valence-electron chi connectivity index (χ3n) is 3.27. The van der Waals surface area contributed by atoms with E-state index in [0.29, 0.717) is 24.2 Å². The highest BCUT2D eigenvalue weighted by molar-refractivity contribution is 5.99. The van der Waals surface area contributed by atoms with Gasteiger partial charge < -0.3 is 16.0 Å². The fraction of sp³-hybridized carbons (Fsp3) is 0.357. The van der Waals surface area contributed by atoms with Crippen molar-refractivity contribution in [3.05, 3.63) is 29.8 Å². The number of hydrogen-bond acceptors (Lipinski definition) is 3. The van der Waals surface area contributed by atoms with Gasteiger partial charge in [0.2, 0.25) is 11.8 Å². The number of nitrogens with two attached hydrogens (primary N) is 1. The Morgan fingerprint density at radius 2 is 2.10 bits per heavy atom. The Kier molecular flexibility index (Phi) is 4.02. The summed E-state index contributed by atoms with van der Waals surface area (Å²) in [6, 6.07) is 6.11. The van der Waals surface area contributed by atoms with Crippen LogP contribution in [-0.2, 0) is 9.59 Å². The zero-order valence-electron chi connectivity index (χ0n) is 11.3. The number of nitrogens with one attached hydrogen (secondary N) is 1. The molecule has 1 aliphatic rings. The van der Waals surface area contributed by atoms with E-state index in [4.69, 9.17) is 5.73 Å². The quantitative estimate of drug-likeness (QED) is 0.852. The van der Waals surface area contributed by atoms with E-state index >= 15 is 0 Å². The second-order valence-corrected chi connectivity index (χ2v) is 4.82. The number of hydrogen-bond donors (Lipinski definition) is 2. The molecule has 2 rings (SSSR count). The maximum absolute atomic E-state index is 12.4. The second-order valence-electron chi connectivity index (χ2n) is 4.82. The van der Waals surface area contributed by atoms with Crippen LogP contribution in [0.3, 0.4) is 0 Å². The molecule has 6 nitrogen and oxygen atoms in total. The molecule has 20 heavy (non-hydrogen) atoms. The van der Waals surface area contributed by atoms with Gasteiger partial charge in [-0.05, 0) is 31.0 Å². The highest BCUT2D eigenvalue weighted by Gasteiger charge is 2.33. The van der Waals surface area contributed by atoms with Gasteiger partial charge in [-0.2, -0.15) is 0 Å². The predicted molar refractivity (Wildman–Crippen MR) is 74.0 cm³/mol. The summed E-state index contributed by atoms with van der Waals surface area (Å²) in [5.74, 6) is -0.918. The Bertz CT molecular complexity index is 556. The van der Waals surface area contributed by atoms with Crippen molar-refractivity contribution >= 4 is 23.4 Å². The first kappa shape index (κ1) is 14.0. The third-order valence-corrected chi connectivity index (χ3v) is 3.27. The molecule has 106 valence electrons. The SMILES string of the molecule is CC(=O)Nc1cccc(C(=O)N2CCC[C@H]2C(N)=O)c1. The van der Waals surface area contributed by atoms with Crippen LogP contribution in [-0.4, -0.2) is 35.2 Å². The standard InChI is InChI=1S/C14H17N3O3/c1-9(18)16-11-5-2-4-10(8-11)14(20)17-7-3-6-12(17)13(15)19/h2,4-5,8,12H,3,6-7H2,1H3,(H2,15,19)(H,16,18)/t12-/m0/s1. The maximum Gasteiger partial charge on any atom is 0.254 e. The maximum atomic E-state index is 12.4. The van der Waals surface area contributed by atoms with Gasteiger partial charge >= 0.3 is 0 Å². The average Bonchev–Trinajstić information content (AvgIpc) is 2.86. The molecule has 0 radical (unpaired) electrons. The number of rotatable bonds is 3. The molecule has 1 fully saturated rings. The molecule has 1 aromatic rings. The van der Waals surface area contributed by atoms with Gasteiger partial charge in [0, 0.05) is 24.7 Å². The van der Waals surface area contributed by atoms with Gasteiger partial charge in [0.1, 0.15) is 6.04 Å². The van der Waals surface area contributed by atoms with E-state index in [-0.39, 0.29) is 11.8 Å². The van der Waals surface area contributed by atoms with Gasteiger partial charge in [0.05, 0.1) is 0 Å². The van der Waals surface area contributed by atoms with Crippen molar-refractivity contribution in [1.82, 2.24) is 4.90 Å². The van der Waals surface area contributed by atoms with Gasteiger partial charge in [0.25, 0.3) is 5.91 Å². The molecule has 1 aliphatic heterocycles. The molecule has 1 aromatic carbocycles. The molecule has 0 saturated carbocycles. The number of primary amides is 1. The second kappa shape index (κ2) is 5.73. The molecule has 6 heteroatoms. The zero-order chi connectivity index (χ0) is 14.7. The summed E-state index contributed by atoms with van der Waals surface area (Å²) in [6.45, 7) is 1.93. The lowest BCUT2D eigenvalue weighted by Crippen LogP contribution is -2.43. The Balaban J connectivity index is 2.20. The van der Waals surface area contributed by atoms with E-state index in [1.54, 1.807) is 24.3 Å². The molecule has 0 unspecified atom stereocenters. The molecule has 1 saturated heterocycles. The van der Waals surface area contributed by atoms with E-state index in [0.717, 1.165) is 6.42 Å². The summed E-state index contributed by atoms with van der Waals surface area (Å²) in [5, 5.41) is 2.62. The third kappa shape index (κ3) is 2.96. The van der Waals surface area contributed by atoms with Crippen LogP contribution in [0.1, 0.15) is 30.1 Å². The summed E-state index contributed by atoms with van der Waals surface area (Å²) in [4.78, 5) is 36.3. The lowest BCUT2D eigenvalue weighted by Gasteiger charge is -2.22. The van der Waals surface area contributed by atoms with E-state index in [9.17, 15) is 14.4 Å². The smallest absolute Gasteiger partial charge is 0.254 e. The van der Waals surface area contributed by atoms with Crippen molar-refractivity contribution in [2.45, 2.75) is 25.8 Å². The zero-order valence-corrected chi connectivity index (χ0v) is 11.3. The summed E-state index contributed by atoms with van der Waals surface area (Å²) < 4.78 is 0. The first-order valence-corrected chi connectivity index (χ1v) is 6.47. The van der Waals surface area contributed by atoms with Gasteiger partial charge in [-0.15, -0.1) is 0 Å². The molecule has 1 atom stereocenters. The van der Waals surface area contributed by atoms with Crippen molar-refractivity contribution in [2.75, 3.05) is 11.9 Å². The summed E-state index contributed by atoms with van der Waals surface area (Å²) in [6.07, 6.45) is 1.37. The first-order chi connectivity index (χ1) is 9.49. The molecular weight excluding hydrogens is 258 g/mol. The number of likely N-dealkylation sites (tertiary alicyclic amines) is 1. The minimum Gasteiger partial charge on any atom is -0.368 e. The highest BCUT2D eigenvalue weighted by atomic mass is 16.2. The summed E-state index contributed by atoms with van der Waals surface area (Å²) in [7, 11) is 0. The number of carbonyl (C=O) groups is 3. The molecular formula is C14H17N3O3. The fourth-order valence-corrected chi connectivity index (χ4v) is 2.40. The van der Waals surface area contributed by atoms with Crippen molar-refractivity contribution in [1.29, 1.82) is 0 Å². The summed E-state index contributed by atoms with van der Waals surface area (Å²) in [5.41, 5.74) is 6.30. The number of nitrogens with zero attached hydrogens (tertiary/aromatic N) is 1. The minimum atomic E-state index is -0.535. The number of carbonyl (C=O) groups excluding carboxylic acids is 3. The molecule has 0 bridgehead atoms. The van der Waals surface area contributed by atoms with Crippen LogP contribution in [0.25, 0.3) is 0 Å². The molecule has 3 amide bonds. The Hall–Kier alpha value is -2.37. The van der Waals surface area contributed by atoms with E-state index in [1.807, 2.05) is 0 Å².